The molecule has 1 aliphatic carbocycles. The number of nitrogens with one attached hydrogen (secondary N) is 2. The second kappa shape index (κ2) is 6.43. The minimum Gasteiger partial charge on any atom is -0.357 e. The Bertz CT molecular complexity index is 382. The van der Waals surface area contributed by atoms with E-state index in [0.29, 0.717) is 0 Å². The third-order valence-corrected chi connectivity index (χ3v) is 3.20. The summed E-state index contributed by atoms with van der Waals surface area (Å²) in [6.07, 6.45) is 2.69. The number of nitrogens with zero attached hydrogens (tertiary/aromatic N) is 1. The molecular weight excluding hydrogens is 222 g/mol. The van der Waals surface area contributed by atoms with E-state index in [2.05, 4.69) is 53.7 Å². The van der Waals surface area contributed by atoms with Crippen molar-refractivity contribution in [2.45, 2.75) is 32.7 Å². The lowest BCUT2D eigenvalue weighted by Gasteiger charge is -2.18. The van der Waals surface area contributed by atoms with E-state index in [1.807, 2.05) is 6.07 Å². The highest BCUT2D eigenvalue weighted by molar-refractivity contribution is 5.80. The van der Waals surface area contributed by atoms with Crippen LogP contribution < -0.4 is 10.6 Å². The molecule has 1 aliphatic rings. The Labute approximate surface area is 110 Å². The summed E-state index contributed by atoms with van der Waals surface area (Å²) in [7, 11) is 0. The monoisotopic (exact) mass is 245 g/mol. The largest absolute Gasteiger partial charge is 0.357 e. The summed E-state index contributed by atoms with van der Waals surface area (Å²) in [5.74, 6) is 1.76. The lowest BCUT2D eigenvalue weighted by atomic mass is 10.1. The van der Waals surface area contributed by atoms with Crippen LogP contribution in [-0.4, -0.2) is 19.0 Å². The molecule has 0 radical (unpaired) electrons. The number of aliphatic imine (C=N–C) groups is 1. The summed E-state index contributed by atoms with van der Waals surface area (Å²) >= 11 is 0. The second-order valence-corrected chi connectivity index (χ2v) is 4.94. The van der Waals surface area contributed by atoms with E-state index in [1.54, 1.807) is 0 Å². The van der Waals surface area contributed by atoms with E-state index in [9.17, 15) is 0 Å². The van der Waals surface area contributed by atoms with E-state index in [4.69, 9.17) is 0 Å². The maximum atomic E-state index is 4.64. The topological polar surface area (TPSA) is 36.4 Å². The highest BCUT2D eigenvalue weighted by atomic mass is 15.2. The summed E-state index contributed by atoms with van der Waals surface area (Å²) in [6, 6.07) is 10.7. The molecule has 1 unspecified atom stereocenters. The minimum absolute atomic E-state index is 0.281. The van der Waals surface area contributed by atoms with E-state index in [1.165, 1.54) is 18.4 Å². The summed E-state index contributed by atoms with van der Waals surface area (Å²) in [5.41, 5.74) is 1.29. The summed E-state index contributed by atoms with van der Waals surface area (Å²) < 4.78 is 0. The molecule has 1 saturated carbocycles. The zero-order chi connectivity index (χ0) is 12.8. The zero-order valence-corrected chi connectivity index (χ0v) is 11.3. The van der Waals surface area contributed by atoms with Gasteiger partial charge in [0.2, 0.25) is 0 Å². The van der Waals surface area contributed by atoms with E-state index >= 15 is 0 Å². The third kappa shape index (κ3) is 4.06. The Kier molecular flexibility index (Phi) is 4.62. The molecule has 2 N–H and O–H groups in total. The highest BCUT2D eigenvalue weighted by Gasteiger charge is 2.20. The zero-order valence-electron chi connectivity index (χ0n) is 11.3. The van der Waals surface area contributed by atoms with Gasteiger partial charge in [-0.2, -0.15) is 0 Å². The molecule has 0 saturated heterocycles. The molecule has 0 spiro atoms. The molecule has 1 aromatic rings. The molecular formula is C15H23N3. The van der Waals surface area contributed by atoms with Crippen LogP contribution in [0.25, 0.3) is 0 Å². The predicted molar refractivity (Wildman–Crippen MR) is 76.7 cm³/mol. The van der Waals surface area contributed by atoms with Crippen LogP contribution >= 0.6 is 0 Å². The minimum atomic E-state index is 0.281. The SMILES string of the molecule is CCNC(=NCC1CC1)NC(C)c1ccccc1. The van der Waals surface area contributed by atoms with Crippen molar-refractivity contribution in [1.82, 2.24) is 10.6 Å². The average molecular weight is 245 g/mol. The van der Waals surface area contributed by atoms with Crippen LogP contribution in [0.2, 0.25) is 0 Å². The van der Waals surface area contributed by atoms with Gasteiger partial charge >= 0.3 is 0 Å². The molecule has 3 heteroatoms. The average Bonchev–Trinajstić information content (AvgIpc) is 3.21. The summed E-state index contributed by atoms with van der Waals surface area (Å²) in [4.78, 5) is 4.64. The van der Waals surface area contributed by atoms with Gasteiger partial charge in [0.15, 0.2) is 5.96 Å². The van der Waals surface area contributed by atoms with Gasteiger partial charge in [-0.05, 0) is 38.2 Å². The summed E-state index contributed by atoms with van der Waals surface area (Å²) in [6.45, 7) is 6.12. The molecule has 1 aromatic carbocycles. The van der Waals surface area contributed by atoms with Crippen LogP contribution in [0.3, 0.4) is 0 Å². The van der Waals surface area contributed by atoms with Crippen molar-refractivity contribution < 1.29 is 0 Å². The standard InChI is InChI=1S/C15H23N3/c1-3-16-15(17-11-13-9-10-13)18-12(2)14-7-5-4-6-8-14/h4-8,12-13H,3,9-11H2,1-2H3,(H2,16,17,18). The van der Waals surface area contributed by atoms with Crippen molar-refractivity contribution in [1.29, 1.82) is 0 Å². The fourth-order valence-electron chi connectivity index (χ4n) is 1.87. The molecule has 98 valence electrons. The molecule has 18 heavy (non-hydrogen) atoms. The van der Waals surface area contributed by atoms with Gasteiger partial charge < -0.3 is 10.6 Å². The molecule has 0 heterocycles. The first-order chi connectivity index (χ1) is 8.79. The Morgan fingerprint density at radius 2 is 2.06 bits per heavy atom. The molecule has 2 rings (SSSR count). The number of hydrogen-bond donors (Lipinski definition) is 2. The van der Waals surface area contributed by atoms with Gasteiger partial charge in [-0.3, -0.25) is 4.99 Å². The van der Waals surface area contributed by atoms with Gasteiger partial charge in [0.25, 0.3) is 0 Å². The van der Waals surface area contributed by atoms with Gasteiger partial charge in [-0.1, -0.05) is 30.3 Å². The molecule has 0 aliphatic heterocycles. The van der Waals surface area contributed by atoms with Gasteiger partial charge in [-0.15, -0.1) is 0 Å². The Morgan fingerprint density at radius 1 is 1.33 bits per heavy atom. The Morgan fingerprint density at radius 3 is 2.67 bits per heavy atom. The second-order valence-electron chi connectivity index (χ2n) is 4.94. The van der Waals surface area contributed by atoms with Crippen molar-refractivity contribution >= 4 is 5.96 Å². The molecule has 0 aromatic heterocycles. The van der Waals surface area contributed by atoms with Gasteiger partial charge in [0, 0.05) is 13.1 Å². The maximum absolute atomic E-state index is 4.64. The smallest absolute Gasteiger partial charge is 0.191 e. The number of guanidine groups is 1. The van der Waals surface area contributed by atoms with Crippen LogP contribution in [0.1, 0.15) is 38.3 Å². The van der Waals surface area contributed by atoms with Gasteiger partial charge in [0.1, 0.15) is 0 Å². The number of benzene rings is 1. The first-order valence-corrected chi connectivity index (χ1v) is 6.89. The quantitative estimate of drug-likeness (QED) is 0.618. The maximum Gasteiger partial charge on any atom is 0.191 e. The number of hydrogen-bond acceptors (Lipinski definition) is 1. The molecule has 3 nitrogen and oxygen atoms in total. The van der Waals surface area contributed by atoms with Crippen LogP contribution in [0.5, 0.6) is 0 Å². The van der Waals surface area contributed by atoms with E-state index < -0.39 is 0 Å². The lowest BCUT2D eigenvalue weighted by molar-refractivity contribution is 0.682. The fraction of sp³-hybridized carbons (Fsp3) is 0.533. The van der Waals surface area contributed by atoms with Gasteiger partial charge in [0.05, 0.1) is 6.04 Å². The van der Waals surface area contributed by atoms with Crippen LogP contribution in [0, 0.1) is 5.92 Å². The molecule has 0 amide bonds. The Hall–Kier alpha value is -1.51. The molecule has 0 bridgehead atoms. The summed E-state index contributed by atoms with van der Waals surface area (Å²) in [5, 5.41) is 6.76. The van der Waals surface area contributed by atoms with Crippen LogP contribution in [0.4, 0.5) is 0 Å². The van der Waals surface area contributed by atoms with E-state index in [-0.39, 0.29) is 6.04 Å². The third-order valence-electron chi connectivity index (χ3n) is 3.20. The van der Waals surface area contributed by atoms with Crippen molar-refractivity contribution in [3.63, 3.8) is 0 Å². The van der Waals surface area contributed by atoms with Crippen molar-refractivity contribution in [3.8, 4) is 0 Å². The van der Waals surface area contributed by atoms with E-state index in [0.717, 1.165) is 25.0 Å². The Balaban J connectivity index is 1.92. The first-order valence-electron chi connectivity index (χ1n) is 6.89. The lowest BCUT2D eigenvalue weighted by Crippen LogP contribution is -2.38. The fourth-order valence-corrected chi connectivity index (χ4v) is 1.87. The molecule has 1 atom stereocenters. The number of rotatable bonds is 5. The first kappa shape index (κ1) is 12.9. The van der Waals surface area contributed by atoms with Crippen molar-refractivity contribution in [3.05, 3.63) is 35.9 Å². The van der Waals surface area contributed by atoms with Crippen molar-refractivity contribution in [2.24, 2.45) is 10.9 Å². The highest BCUT2D eigenvalue weighted by Crippen LogP contribution is 2.28. The van der Waals surface area contributed by atoms with Crippen LogP contribution in [0.15, 0.2) is 35.3 Å². The normalized spacial score (nSPS) is 17.3. The van der Waals surface area contributed by atoms with Crippen molar-refractivity contribution in [2.75, 3.05) is 13.1 Å². The van der Waals surface area contributed by atoms with Crippen LogP contribution in [-0.2, 0) is 0 Å². The molecule has 1 fully saturated rings. The predicted octanol–water partition coefficient (Wildman–Crippen LogP) is 2.71. The van der Waals surface area contributed by atoms with Gasteiger partial charge in [-0.25, -0.2) is 0 Å².